The number of carbonyl (C=O) groups is 1. The zero-order valence-electron chi connectivity index (χ0n) is 11.8. The molecular weight excluding hydrogens is 284 g/mol. The smallest absolute Gasteiger partial charge is 0.201 e. The Kier molecular flexibility index (Phi) is 3.62. The lowest BCUT2D eigenvalue weighted by Crippen LogP contribution is -2.06. The molecule has 0 radical (unpaired) electrons. The van der Waals surface area contributed by atoms with Crippen molar-refractivity contribution < 1.29 is 14.3 Å². The number of hydrogen-bond acceptors (Lipinski definition) is 4. The monoisotopic (exact) mass is 298 g/mol. The van der Waals surface area contributed by atoms with Gasteiger partial charge in [0.05, 0.1) is 14.2 Å². The van der Waals surface area contributed by atoms with Gasteiger partial charge in [0, 0.05) is 10.3 Å². The van der Waals surface area contributed by atoms with Gasteiger partial charge in [-0.2, -0.15) is 0 Å². The highest BCUT2D eigenvalue weighted by molar-refractivity contribution is 7.17. The first kappa shape index (κ1) is 13.6. The van der Waals surface area contributed by atoms with Gasteiger partial charge >= 0.3 is 0 Å². The van der Waals surface area contributed by atoms with Gasteiger partial charge in [-0.15, -0.1) is 11.3 Å². The van der Waals surface area contributed by atoms with Crippen molar-refractivity contribution in [3.63, 3.8) is 0 Å². The second-order valence-corrected chi connectivity index (χ2v) is 5.43. The molecule has 0 bridgehead atoms. The third-order valence-electron chi connectivity index (χ3n) is 3.38. The van der Waals surface area contributed by atoms with Crippen LogP contribution in [0, 0.1) is 0 Å². The molecular formula is C17H14O3S. The molecule has 0 spiro atoms. The highest BCUT2D eigenvalue weighted by Crippen LogP contribution is 2.33. The van der Waals surface area contributed by atoms with Crippen LogP contribution < -0.4 is 9.47 Å². The van der Waals surface area contributed by atoms with Gasteiger partial charge in [-0.25, -0.2) is 0 Å². The van der Waals surface area contributed by atoms with E-state index in [9.17, 15) is 4.79 Å². The Morgan fingerprint density at radius 3 is 2.29 bits per heavy atom. The number of fused-ring (bicyclic) bond motifs is 1. The van der Waals surface area contributed by atoms with Crippen molar-refractivity contribution in [2.24, 2.45) is 0 Å². The minimum absolute atomic E-state index is 0.0858. The lowest BCUT2D eigenvalue weighted by Gasteiger charge is -2.12. The summed E-state index contributed by atoms with van der Waals surface area (Å²) in [4.78, 5) is 13.0. The number of thiophene rings is 1. The first-order valence-electron chi connectivity index (χ1n) is 6.48. The minimum atomic E-state index is -0.0858. The van der Waals surface area contributed by atoms with Crippen molar-refractivity contribution in [1.29, 1.82) is 0 Å². The van der Waals surface area contributed by atoms with Crippen LogP contribution in [0.4, 0.5) is 0 Å². The molecule has 0 aliphatic heterocycles. The van der Waals surface area contributed by atoms with Gasteiger partial charge < -0.3 is 9.47 Å². The second kappa shape index (κ2) is 5.58. The average Bonchev–Trinajstić information content (AvgIpc) is 3.01. The summed E-state index contributed by atoms with van der Waals surface area (Å²) in [6.07, 6.45) is 0. The summed E-state index contributed by atoms with van der Waals surface area (Å²) >= 11 is 1.56. The number of ketones is 1. The highest BCUT2D eigenvalue weighted by Gasteiger charge is 2.21. The quantitative estimate of drug-likeness (QED) is 0.679. The molecule has 3 aromatic rings. The fourth-order valence-corrected chi connectivity index (χ4v) is 3.29. The van der Waals surface area contributed by atoms with Crippen molar-refractivity contribution in [3.05, 3.63) is 59.0 Å². The zero-order valence-corrected chi connectivity index (χ0v) is 12.6. The van der Waals surface area contributed by atoms with E-state index in [1.165, 1.54) is 0 Å². The van der Waals surface area contributed by atoms with E-state index in [4.69, 9.17) is 9.47 Å². The molecule has 3 nitrogen and oxygen atoms in total. The summed E-state index contributed by atoms with van der Waals surface area (Å²) in [7, 11) is 3.11. The van der Waals surface area contributed by atoms with Crippen LogP contribution in [0.5, 0.6) is 11.5 Å². The van der Waals surface area contributed by atoms with Crippen LogP contribution in [0.2, 0.25) is 0 Å². The number of rotatable bonds is 4. The van der Waals surface area contributed by atoms with E-state index in [0.29, 0.717) is 22.6 Å². The highest BCUT2D eigenvalue weighted by atomic mass is 32.1. The topological polar surface area (TPSA) is 35.5 Å². The Balaban J connectivity index is 2.21. The molecule has 106 valence electrons. The first-order chi connectivity index (χ1) is 10.3. The summed E-state index contributed by atoms with van der Waals surface area (Å²) in [5, 5.41) is 3.06. The molecule has 0 aliphatic rings. The van der Waals surface area contributed by atoms with Crippen LogP contribution in [0.1, 0.15) is 15.9 Å². The normalized spacial score (nSPS) is 10.6. The van der Waals surface area contributed by atoms with E-state index in [-0.39, 0.29) is 5.78 Å². The maximum atomic E-state index is 13.0. The molecule has 21 heavy (non-hydrogen) atoms. The molecule has 0 amide bonds. The number of hydrogen-bond donors (Lipinski definition) is 0. The molecule has 1 heterocycles. The van der Waals surface area contributed by atoms with Gasteiger partial charge in [-0.1, -0.05) is 18.2 Å². The van der Waals surface area contributed by atoms with E-state index in [1.807, 2.05) is 29.6 Å². The minimum Gasteiger partial charge on any atom is -0.496 e. The SMILES string of the molecule is COc1cccc(OC)c1C(=O)c1cccc2ccsc12. The van der Waals surface area contributed by atoms with E-state index in [1.54, 1.807) is 43.8 Å². The number of ether oxygens (including phenoxy) is 2. The van der Waals surface area contributed by atoms with Gasteiger partial charge in [0.1, 0.15) is 17.1 Å². The molecule has 2 aromatic carbocycles. The lowest BCUT2D eigenvalue weighted by atomic mass is 10.0. The summed E-state index contributed by atoms with van der Waals surface area (Å²) in [5.74, 6) is 0.957. The predicted octanol–water partition coefficient (Wildman–Crippen LogP) is 4.15. The van der Waals surface area contributed by atoms with Gasteiger partial charge in [-0.3, -0.25) is 4.79 Å². The molecule has 0 aliphatic carbocycles. The Labute approximate surface area is 126 Å². The molecule has 0 atom stereocenters. The molecule has 0 unspecified atom stereocenters. The molecule has 3 rings (SSSR count). The number of carbonyl (C=O) groups excluding carboxylic acids is 1. The average molecular weight is 298 g/mol. The third kappa shape index (κ3) is 2.28. The van der Waals surface area contributed by atoms with Gasteiger partial charge in [0.15, 0.2) is 0 Å². The van der Waals surface area contributed by atoms with E-state index in [2.05, 4.69) is 0 Å². The van der Waals surface area contributed by atoms with Crippen molar-refractivity contribution in [2.45, 2.75) is 0 Å². The third-order valence-corrected chi connectivity index (χ3v) is 4.34. The summed E-state index contributed by atoms with van der Waals surface area (Å²) in [5.41, 5.74) is 1.13. The maximum absolute atomic E-state index is 13.0. The Morgan fingerprint density at radius 2 is 1.62 bits per heavy atom. The molecule has 1 aromatic heterocycles. The molecule has 0 N–H and O–H groups in total. The van der Waals surface area contributed by atoms with Crippen LogP contribution in [-0.2, 0) is 0 Å². The van der Waals surface area contributed by atoms with E-state index in [0.717, 1.165) is 10.1 Å². The van der Waals surface area contributed by atoms with Crippen LogP contribution in [0.25, 0.3) is 10.1 Å². The zero-order chi connectivity index (χ0) is 14.8. The van der Waals surface area contributed by atoms with Crippen molar-refractivity contribution in [2.75, 3.05) is 14.2 Å². The van der Waals surface area contributed by atoms with E-state index >= 15 is 0 Å². The van der Waals surface area contributed by atoms with E-state index < -0.39 is 0 Å². The molecule has 0 saturated heterocycles. The van der Waals surface area contributed by atoms with Crippen LogP contribution >= 0.6 is 11.3 Å². The van der Waals surface area contributed by atoms with Crippen LogP contribution in [0.15, 0.2) is 47.8 Å². The summed E-state index contributed by atoms with van der Waals surface area (Å²) < 4.78 is 11.6. The van der Waals surface area contributed by atoms with Gasteiger partial charge in [0.25, 0.3) is 0 Å². The van der Waals surface area contributed by atoms with Gasteiger partial charge in [-0.05, 0) is 35.0 Å². The fraction of sp³-hybridized carbons (Fsp3) is 0.118. The first-order valence-corrected chi connectivity index (χ1v) is 7.36. The second-order valence-electron chi connectivity index (χ2n) is 4.51. The maximum Gasteiger partial charge on any atom is 0.201 e. The van der Waals surface area contributed by atoms with Crippen molar-refractivity contribution in [1.82, 2.24) is 0 Å². The van der Waals surface area contributed by atoms with Gasteiger partial charge in [0.2, 0.25) is 5.78 Å². The standard InChI is InChI=1S/C17H14O3S/c1-19-13-7-4-8-14(20-2)15(13)16(18)12-6-3-5-11-9-10-21-17(11)12/h3-10H,1-2H3. The Bertz CT molecular complexity index is 782. The summed E-state index contributed by atoms with van der Waals surface area (Å²) in [6, 6.07) is 13.1. The molecule has 0 saturated carbocycles. The molecule has 0 fully saturated rings. The van der Waals surface area contributed by atoms with Crippen LogP contribution in [0.3, 0.4) is 0 Å². The van der Waals surface area contributed by atoms with Crippen molar-refractivity contribution >= 4 is 27.2 Å². The predicted molar refractivity (Wildman–Crippen MR) is 84.8 cm³/mol. The Hall–Kier alpha value is -2.33. The van der Waals surface area contributed by atoms with Crippen LogP contribution in [-0.4, -0.2) is 20.0 Å². The van der Waals surface area contributed by atoms with Crippen molar-refractivity contribution in [3.8, 4) is 11.5 Å². The number of methoxy groups -OCH3 is 2. The fourth-order valence-electron chi connectivity index (χ4n) is 2.38. The largest absolute Gasteiger partial charge is 0.496 e. The number of benzene rings is 2. The summed E-state index contributed by atoms with van der Waals surface area (Å²) in [6.45, 7) is 0. The Morgan fingerprint density at radius 1 is 0.952 bits per heavy atom. The molecule has 4 heteroatoms. The lowest BCUT2D eigenvalue weighted by molar-refractivity contribution is 0.103.